The number of unbranched alkanes of at least 4 members (excludes halogenated alkanes) is 20. The maximum Gasteiger partial charge on any atom is 0.220 e. The van der Waals surface area contributed by atoms with E-state index in [1.54, 1.807) is 6.08 Å². The topological polar surface area (TPSA) is 228 Å². The average Bonchev–Trinajstić information content (AvgIpc) is 3.48. The Bertz CT molecular complexity index is 1680. The van der Waals surface area contributed by atoms with Gasteiger partial charge in [-0.05, 0) is 83.5 Å². The highest BCUT2D eigenvalue weighted by atomic mass is 16.7. The van der Waals surface area contributed by atoms with Gasteiger partial charge in [-0.15, -0.1) is 0 Å². The van der Waals surface area contributed by atoms with Crippen molar-refractivity contribution in [3.63, 3.8) is 0 Å². The standard InChI is InChI=1S/C64H109NO13/c1-3-5-7-9-11-13-15-17-19-21-23-25-26-28-30-32-34-36-38-40-42-44-46-48-56(69)65-52(53(68)47-45-43-41-39-37-35-33-31-29-27-24-22-20-18-16-14-12-10-8-6-4-2)51-75-63-61(74)59(72)62(55(50-67)77-63)78-64-60(73)58(71)57(70)54(49-66)76-64/h5,7,11,13,17,19,23,25,28,30,34,36-37,39,45,47,52-55,57-64,66-68,70-74H,3-4,6,8-10,12,14-16,18,20-22,24,26-27,29,31-33,35,38,40-44,46,48-51H2,1-2H3,(H,65,69)/b7-5-,13-11-,19-17-,25-23-,30-28-,36-34-,39-37+,47-45+. The van der Waals surface area contributed by atoms with Gasteiger partial charge in [0.2, 0.25) is 5.91 Å². The molecule has 0 aliphatic carbocycles. The van der Waals surface area contributed by atoms with Crippen molar-refractivity contribution in [2.75, 3.05) is 19.8 Å². The van der Waals surface area contributed by atoms with Gasteiger partial charge < -0.3 is 65.1 Å². The molecule has 12 atom stereocenters. The Labute approximate surface area is 471 Å². The van der Waals surface area contributed by atoms with Gasteiger partial charge in [0.25, 0.3) is 0 Å². The summed E-state index contributed by atoms with van der Waals surface area (Å²) in [7, 11) is 0. The van der Waals surface area contributed by atoms with Crippen LogP contribution in [0, 0.1) is 0 Å². The second-order valence-electron chi connectivity index (χ2n) is 21.1. The number of aliphatic hydroxyl groups is 8. The van der Waals surface area contributed by atoms with Crippen molar-refractivity contribution in [1.82, 2.24) is 5.32 Å². The molecule has 78 heavy (non-hydrogen) atoms. The summed E-state index contributed by atoms with van der Waals surface area (Å²) in [6, 6.07) is -0.953. The summed E-state index contributed by atoms with van der Waals surface area (Å²) in [4.78, 5) is 13.3. The molecule has 2 fully saturated rings. The minimum atomic E-state index is -1.80. The molecule has 0 spiro atoms. The average molecular weight is 1100 g/mol. The molecule has 14 heteroatoms. The van der Waals surface area contributed by atoms with Gasteiger partial charge in [0.15, 0.2) is 12.6 Å². The zero-order chi connectivity index (χ0) is 56.7. The van der Waals surface area contributed by atoms with Crippen LogP contribution in [0.3, 0.4) is 0 Å². The Balaban J connectivity index is 1.80. The van der Waals surface area contributed by atoms with Crippen LogP contribution >= 0.6 is 0 Å². The molecule has 12 unspecified atom stereocenters. The van der Waals surface area contributed by atoms with Crippen LogP contribution < -0.4 is 5.32 Å². The lowest BCUT2D eigenvalue weighted by Crippen LogP contribution is -2.65. The molecular formula is C64H109NO13. The number of nitrogens with one attached hydrogen (secondary N) is 1. The van der Waals surface area contributed by atoms with Crippen molar-refractivity contribution in [1.29, 1.82) is 0 Å². The van der Waals surface area contributed by atoms with Crippen LogP contribution in [-0.2, 0) is 23.7 Å². The summed E-state index contributed by atoms with van der Waals surface area (Å²) in [5.41, 5.74) is 0. The Kier molecular flexibility index (Phi) is 44.3. The summed E-state index contributed by atoms with van der Waals surface area (Å²) < 4.78 is 22.8. The van der Waals surface area contributed by atoms with Crippen molar-refractivity contribution >= 4 is 5.91 Å². The molecule has 2 heterocycles. The van der Waals surface area contributed by atoms with Crippen LogP contribution in [0.25, 0.3) is 0 Å². The number of allylic oxidation sites excluding steroid dienone is 15. The second-order valence-corrected chi connectivity index (χ2v) is 21.1. The largest absolute Gasteiger partial charge is 0.394 e. The highest BCUT2D eigenvalue weighted by molar-refractivity contribution is 5.76. The maximum absolute atomic E-state index is 13.3. The smallest absolute Gasteiger partial charge is 0.220 e. The number of aliphatic hydroxyl groups excluding tert-OH is 8. The van der Waals surface area contributed by atoms with Gasteiger partial charge in [-0.1, -0.05) is 214 Å². The highest BCUT2D eigenvalue weighted by Crippen LogP contribution is 2.30. The van der Waals surface area contributed by atoms with Gasteiger partial charge >= 0.3 is 0 Å². The Morgan fingerprint density at radius 3 is 1.41 bits per heavy atom. The third kappa shape index (κ3) is 33.6. The molecule has 2 saturated heterocycles. The molecule has 0 aromatic heterocycles. The fraction of sp³-hybridized carbons (Fsp3) is 0.734. The van der Waals surface area contributed by atoms with Crippen LogP contribution in [0.4, 0.5) is 0 Å². The molecular weight excluding hydrogens is 991 g/mol. The van der Waals surface area contributed by atoms with Crippen LogP contribution in [0.2, 0.25) is 0 Å². The van der Waals surface area contributed by atoms with Gasteiger partial charge in [0, 0.05) is 6.42 Å². The number of carbonyl (C=O) groups is 1. The van der Waals surface area contributed by atoms with E-state index in [1.165, 1.54) is 96.3 Å². The fourth-order valence-corrected chi connectivity index (χ4v) is 9.37. The van der Waals surface area contributed by atoms with Gasteiger partial charge in [-0.3, -0.25) is 4.79 Å². The number of rotatable bonds is 47. The number of hydrogen-bond acceptors (Lipinski definition) is 13. The Hall–Kier alpha value is -3.09. The lowest BCUT2D eigenvalue weighted by Gasteiger charge is -2.46. The quantitative estimate of drug-likeness (QED) is 0.0204. The number of ether oxygens (including phenoxy) is 4. The van der Waals surface area contributed by atoms with E-state index in [-0.39, 0.29) is 18.9 Å². The van der Waals surface area contributed by atoms with Gasteiger partial charge in [-0.2, -0.15) is 0 Å². The molecule has 0 bridgehead atoms. The summed E-state index contributed by atoms with van der Waals surface area (Å²) >= 11 is 0. The first-order valence-electron chi connectivity index (χ1n) is 30.5. The molecule has 14 nitrogen and oxygen atoms in total. The zero-order valence-corrected chi connectivity index (χ0v) is 48.1. The molecule has 0 saturated carbocycles. The normalized spacial score (nSPS) is 25.3. The number of hydrogen-bond donors (Lipinski definition) is 9. The van der Waals surface area contributed by atoms with E-state index in [0.717, 1.165) is 77.0 Å². The van der Waals surface area contributed by atoms with Crippen LogP contribution in [0.1, 0.15) is 206 Å². The first-order valence-corrected chi connectivity index (χ1v) is 30.5. The Morgan fingerprint density at radius 1 is 0.474 bits per heavy atom. The minimum absolute atomic E-state index is 0.238. The van der Waals surface area contributed by atoms with E-state index >= 15 is 0 Å². The van der Waals surface area contributed by atoms with Gasteiger partial charge in [-0.25, -0.2) is 0 Å². The van der Waals surface area contributed by atoms with E-state index in [2.05, 4.69) is 104 Å². The highest BCUT2D eigenvalue weighted by Gasteiger charge is 2.51. The third-order valence-electron chi connectivity index (χ3n) is 14.3. The third-order valence-corrected chi connectivity index (χ3v) is 14.3. The van der Waals surface area contributed by atoms with Crippen molar-refractivity contribution in [2.45, 2.75) is 280 Å². The lowest BCUT2D eigenvalue weighted by atomic mass is 9.97. The van der Waals surface area contributed by atoms with Crippen LogP contribution in [0.5, 0.6) is 0 Å². The molecule has 2 aliphatic heterocycles. The SMILES string of the molecule is CC/C=C\C/C=C\C/C=C\C/C=C\C/C=C\C/C=C\CCCCCCC(=O)NC(COC1OC(CO)C(OC2OC(CO)C(O)C(O)C2O)C(O)C1O)C(O)/C=C/CC/C=C/CCCCCCCCCCCCCCCCC. The number of amides is 1. The first kappa shape index (κ1) is 71.0. The minimum Gasteiger partial charge on any atom is -0.394 e. The van der Waals surface area contributed by atoms with E-state index in [9.17, 15) is 45.6 Å². The van der Waals surface area contributed by atoms with Crippen molar-refractivity contribution in [2.24, 2.45) is 0 Å². The van der Waals surface area contributed by atoms with E-state index in [4.69, 9.17) is 18.9 Å². The number of carbonyl (C=O) groups excluding carboxylic acids is 1. The predicted octanol–water partition coefficient (Wildman–Crippen LogP) is 10.7. The molecule has 0 radical (unpaired) electrons. The maximum atomic E-state index is 13.3. The van der Waals surface area contributed by atoms with E-state index < -0.39 is 86.8 Å². The van der Waals surface area contributed by atoms with Crippen molar-refractivity contribution in [3.05, 3.63) is 97.2 Å². The lowest BCUT2D eigenvalue weighted by molar-refractivity contribution is -0.359. The predicted molar refractivity (Wildman–Crippen MR) is 313 cm³/mol. The molecule has 0 aromatic rings. The summed E-state index contributed by atoms with van der Waals surface area (Å²) in [5.74, 6) is -0.277. The van der Waals surface area contributed by atoms with Crippen LogP contribution in [-0.4, -0.2) is 140 Å². The second kappa shape index (κ2) is 48.6. The summed E-state index contributed by atoms with van der Waals surface area (Å²) in [5, 5.41) is 87.1. The first-order chi connectivity index (χ1) is 38.1. The molecule has 0 aromatic carbocycles. The molecule has 2 aliphatic rings. The molecule has 2 rings (SSSR count). The van der Waals surface area contributed by atoms with Crippen molar-refractivity contribution < 1.29 is 64.6 Å². The van der Waals surface area contributed by atoms with E-state index in [1.807, 2.05) is 6.08 Å². The fourth-order valence-electron chi connectivity index (χ4n) is 9.37. The monoisotopic (exact) mass is 1100 g/mol. The van der Waals surface area contributed by atoms with Crippen molar-refractivity contribution in [3.8, 4) is 0 Å². The summed E-state index contributed by atoms with van der Waals surface area (Å²) in [6.07, 6.45) is 50.1. The van der Waals surface area contributed by atoms with E-state index in [0.29, 0.717) is 12.8 Å². The van der Waals surface area contributed by atoms with Gasteiger partial charge in [0.1, 0.15) is 48.8 Å². The zero-order valence-electron chi connectivity index (χ0n) is 48.1. The van der Waals surface area contributed by atoms with Crippen LogP contribution in [0.15, 0.2) is 97.2 Å². The van der Waals surface area contributed by atoms with Gasteiger partial charge in [0.05, 0.1) is 32.0 Å². The molecule has 1 amide bonds. The summed E-state index contributed by atoms with van der Waals surface area (Å²) in [6.45, 7) is 2.64. The molecule has 448 valence electrons. The molecule has 9 N–H and O–H groups in total. The Morgan fingerprint density at radius 2 is 0.897 bits per heavy atom.